The van der Waals surface area contributed by atoms with Crippen LogP contribution in [-0.2, 0) is 28.9 Å². The highest BCUT2D eigenvalue weighted by Crippen LogP contribution is 2.26. The highest BCUT2D eigenvalue weighted by molar-refractivity contribution is 7.91. The molecule has 0 aromatic heterocycles. The molecule has 3 rings (SSSR count). The van der Waals surface area contributed by atoms with E-state index in [1.807, 2.05) is 12.1 Å². The number of methoxy groups -OCH3 is 1. The molecule has 0 saturated carbocycles. The van der Waals surface area contributed by atoms with Gasteiger partial charge in [0.25, 0.3) is 0 Å². The van der Waals surface area contributed by atoms with Crippen molar-refractivity contribution in [1.29, 1.82) is 0 Å². The number of hydrogen-bond acceptors (Lipinski definition) is 7. The van der Waals surface area contributed by atoms with E-state index in [1.165, 1.54) is 12.0 Å². The number of amides is 2. The van der Waals surface area contributed by atoms with Gasteiger partial charge in [-0.15, -0.1) is 0 Å². The van der Waals surface area contributed by atoms with Gasteiger partial charge >= 0.3 is 11.8 Å². The van der Waals surface area contributed by atoms with E-state index in [-0.39, 0.29) is 24.7 Å². The van der Waals surface area contributed by atoms with Gasteiger partial charge in [-0.3, -0.25) is 9.59 Å². The van der Waals surface area contributed by atoms with Crippen LogP contribution in [0.5, 0.6) is 0 Å². The highest BCUT2D eigenvalue weighted by Gasteiger charge is 2.36. The fourth-order valence-electron chi connectivity index (χ4n) is 3.63. The molecule has 0 radical (unpaired) electrons. The fraction of sp³-hybridized carbons (Fsp3) is 0.579. The Labute approximate surface area is 170 Å². The van der Waals surface area contributed by atoms with Crippen molar-refractivity contribution in [1.82, 2.24) is 4.90 Å². The van der Waals surface area contributed by atoms with Gasteiger partial charge in [-0.1, -0.05) is 12.1 Å². The number of rotatable bonds is 6. The Kier molecular flexibility index (Phi) is 7.09. The van der Waals surface area contributed by atoms with Crippen molar-refractivity contribution in [3.8, 4) is 0 Å². The number of sulfone groups is 1. The van der Waals surface area contributed by atoms with Crippen molar-refractivity contribution in [3.63, 3.8) is 0 Å². The van der Waals surface area contributed by atoms with E-state index in [2.05, 4.69) is 10.2 Å². The zero-order chi connectivity index (χ0) is 20.9. The lowest BCUT2D eigenvalue weighted by Gasteiger charge is -2.31. The standard InChI is InChI=1S/C19H27N3O6S/c1-27-10-9-22(15-6-13-29(25,26)14-15)19(24)18(23)20-16-4-2-3-5-17(16)21-7-11-28-12-8-21/h2-5,15H,6-14H2,1H3,(H,20,23). The Morgan fingerprint density at radius 2 is 2.00 bits per heavy atom. The molecule has 1 unspecified atom stereocenters. The number of para-hydroxylation sites is 2. The molecule has 2 fully saturated rings. The first kappa shape index (κ1) is 21.5. The smallest absolute Gasteiger partial charge is 0.313 e. The maximum Gasteiger partial charge on any atom is 0.313 e. The Hall–Kier alpha value is -2.17. The molecule has 1 atom stereocenters. The van der Waals surface area contributed by atoms with Crippen molar-refractivity contribution in [2.75, 3.05) is 68.3 Å². The van der Waals surface area contributed by atoms with Crippen LogP contribution in [0.4, 0.5) is 11.4 Å². The first-order valence-corrected chi connectivity index (χ1v) is 11.5. The number of carbonyl (C=O) groups excluding carboxylic acids is 2. The molecule has 2 aliphatic heterocycles. The van der Waals surface area contributed by atoms with Gasteiger partial charge in [0.15, 0.2) is 9.84 Å². The summed E-state index contributed by atoms with van der Waals surface area (Å²) in [5, 5.41) is 2.71. The van der Waals surface area contributed by atoms with Crippen molar-refractivity contribution in [2.45, 2.75) is 12.5 Å². The average Bonchev–Trinajstić information content (AvgIpc) is 3.08. The number of nitrogens with one attached hydrogen (secondary N) is 1. The van der Waals surface area contributed by atoms with E-state index in [1.54, 1.807) is 12.1 Å². The normalized spacial score (nSPS) is 21.0. The number of carbonyl (C=O) groups is 2. The van der Waals surface area contributed by atoms with Crippen LogP contribution in [0, 0.1) is 0 Å². The molecule has 1 aromatic carbocycles. The first-order chi connectivity index (χ1) is 13.9. The lowest BCUT2D eigenvalue weighted by Crippen LogP contribution is -2.48. The SMILES string of the molecule is COCCN(C(=O)C(=O)Nc1ccccc1N1CCOCC1)C1CCS(=O)(=O)C1. The number of benzene rings is 1. The van der Waals surface area contributed by atoms with Gasteiger partial charge < -0.3 is 24.6 Å². The second-order valence-electron chi connectivity index (χ2n) is 7.12. The number of nitrogens with zero attached hydrogens (tertiary/aromatic N) is 2. The molecule has 10 heteroatoms. The Bertz CT molecular complexity index is 838. The summed E-state index contributed by atoms with van der Waals surface area (Å²) < 4.78 is 34.1. The Morgan fingerprint density at radius 3 is 2.66 bits per heavy atom. The molecule has 160 valence electrons. The highest BCUT2D eigenvalue weighted by atomic mass is 32.2. The van der Waals surface area contributed by atoms with Crippen LogP contribution in [0.3, 0.4) is 0 Å². The maximum atomic E-state index is 12.9. The molecule has 0 bridgehead atoms. The van der Waals surface area contributed by atoms with E-state index in [0.717, 1.165) is 5.69 Å². The molecule has 9 nitrogen and oxygen atoms in total. The summed E-state index contributed by atoms with van der Waals surface area (Å²) in [5.41, 5.74) is 1.36. The van der Waals surface area contributed by atoms with Gasteiger partial charge in [0.1, 0.15) is 0 Å². The van der Waals surface area contributed by atoms with E-state index in [4.69, 9.17) is 9.47 Å². The largest absolute Gasteiger partial charge is 0.383 e. The monoisotopic (exact) mass is 425 g/mol. The fourth-order valence-corrected chi connectivity index (χ4v) is 5.36. The Morgan fingerprint density at radius 1 is 1.28 bits per heavy atom. The summed E-state index contributed by atoms with van der Waals surface area (Å²) in [6.07, 6.45) is 0.329. The van der Waals surface area contributed by atoms with Crippen LogP contribution in [0.2, 0.25) is 0 Å². The van der Waals surface area contributed by atoms with Crippen molar-refractivity contribution in [3.05, 3.63) is 24.3 Å². The summed E-state index contributed by atoms with van der Waals surface area (Å²) in [7, 11) is -1.70. The predicted octanol–water partition coefficient (Wildman–Crippen LogP) is 0.124. The topological polar surface area (TPSA) is 105 Å². The Balaban J connectivity index is 1.74. The van der Waals surface area contributed by atoms with E-state index in [0.29, 0.717) is 38.4 Å². The van der Waals surface area contributed by atoms with E-state index in [9.17, 15) is 18.0 Å². The van der Waals surface area contributed by atoms with Gasteiger partial charge in [0.2, 0.25) is 0 Å². The average molecular weight is 426 g/mol. The van der Waals surface area contributed by atoms with Crippen LogP contribution in [0.15, 0.2) is 24.3 Å². The maximum absolute atomic E-state index is 12.9. The molecule has 2 heterocycles. The zero-order valence-corrected chi connectivity index (χ0v) is 17.3. The summed E-state index contributed by atoms with van der Waals surface area (Å²) >= 11 is 0. The van der Waals surface area contributed by atoms with Crippen LogP contribution in [-0.4, -0.2) is 89.2 Å². The van der Waals surface area contributed by atoms with Crippen LogP contribution in [0.1, 0.15) is 6.42 Å². The molecule has 2 amide bonds. The zero-order valence-electron chi connectivity index (χ0n) is 16.5. The third-order valence-corrected chi connectivity index (χ3v) is 6.89. The molecule has 0 aliphatic carbocycles. The lowest BCUT2D eigenvalue weighted by molar-refractivity contribution is -0.144. The van der Waals surface area contributed by atoms with Gasteiger partial charge in [-0.2, -0.15) is 0 Å². The summed E-state index contributed by atoms with van der Waals surface area (Å²) in [5.74, 6) is -1.64. The molecule has 2 aliphatic rings. The minimum Gasteiger partial charge on any atom is -0.383 e. The second kappa shape index (κ2) is 9.55. The molecule has 1 N–H and O–H groups in total. The quantitative estimate of drug-likeness (QED) is 0.646. The van der Waals surface area contributed by atoms with Crippen LogP contribution < -0.4 is 10.2 Å². The molecule has 1 aromatic rings. The third-order valence-electron chi connectivity index (χ3n) is 5.14. The van der Waals surface area contributed by atoms with E-state index < -0.39 is 27.7 Å². The van der Waals surface area contributed by atoms with Crippen molar-refractivity contribution >= 4 is 33.0 Å². The minimum atomic E-state index is -3.19. The summed E-state index contributed by atoms with van der Waals surface area (Å²) in [6.45, 7) is 2.97. The van der Waals surface area contributed by atoms with Crippen molar-refractivity contribution in [2.24, 2.45) is 0 Å². The van der Waals surface area contributed by atoms with Gasteiger partial charge in [-0.25, -0.2) is 8.42 Å². The van der Waals surface area contributed by atoms with Gasteiger partial charge in [-0.05, 0) is 18.6 Å². The lowest BCUT2D eigenvalue weighted by atomic mass is 10.2. The number of hydrogen-bond donors (Lipinski definition) is 1. The second-order valence-corrected chi connectivity index (χ2v) is 9.35. The molecular weight excluding hydrogens is 398 g/mol. The number of ether oxygens (including phenoxy) is 2. The predicted molar refractivity (Wildman–Crippen MR) is 109 cm³/mol. The number of morpholine rings is 1. The first-order valence-electron chi connectivity index (χ1n) is 9.64. The molecule has 29 heavy (non-hydrogen) atoms. The van der Waals surface area contributed by atoms with Gasteiger partial charge in [0, 0.05) is 32.8 Å². The van der Waals surface area contributed by atoms with E-state index >= 15 is 0 Å². The third kappa shape index (κ3) is 5.46. The number of anilines is 2. The summed E-state index contributed by atoms with van der Waals surface area (Å²) in [6, 6.07) is 6.78. The van der Waals surface area contributed by atoms with Crippen molar-refractivity contribution < 1.29 is 27.5 Å². The summed E-state index contributed by atoms with van der Waals surface area (Å²) in [4.78, 5) is 29.0. The molecular formula is C19H27N3O6S. The van der Waals surface area contributed by atoms with Gasteiger partial charge in [0.05, 0.1) is 42.7 Å². The van der Waals surface area contributed by atoms with Crippen LogP contribution >= 0.6 is 0 Å². The van der Waals surface area contributed by atoms with Crippen LogP contribution in [0.25, 0.3) is 0 Å². The minimum absolute atomic E-state index is 0.0237. The molecule has 0 spiro atoms. The molecule has 2 saturated heterocycles.